The monoisotopic (exact) mass is 375 g/mol. The third kappa shape index (κ3) is 6.24. The Morgan fingerprint density at radius 3 is 2.59 bits per heavy atom. The molecule has 2 N–H and O–H groups in total. The van der Waals surface area contributed by atoms with Crippen molar-refractivity contribution in [1.82, 2.24) is 15.5 Å². The highest BCUT2D eigenvalue weighted by Gasteiger charge is 2.31. The quantitative estimate of drug-likeness (QED) is 0.682. The second-order valence-electron chi connectivity index (χ2n) is 7.83. The number of amides is 2. The molecule has 2 amide bonds. The molecule has 150 valence electrons. The van der Waals surface area contributed by atoms with E-state index >= 15 is 0 Å². The average Bonchev–Trinajstić information content (AvgIpc) is 2.56. The van der Waals surface area contributed by atoms with Crippen LogP contribution >= 0.6 is 0 Å². The van der Waals surface area contributed by atoms with Crippen LogP contribution in [0.1, 0.15) is 37.0 Å². The lowest BCUT2D eigenvalue weighted by Gasteiger charge is -2.35. The van der Waals surface area contributed by atoms with Crippen molar-refractivity contribution in [2.45, 2.75) is 47.1 Å². The van der Waals surface area contributed by atoms with Gasteiger partial charge in [0.2, 0.25) is 11.8 Å². The molecule has 1 aromatic carbocycles. The number of ether oxygens (including phenoxy) is 1. The number of benzene rings is 1. The molecule has 6 nitrogen and oxygen atoms in total. The Morgan fingerprint density at radius 2 is 1.96 bits per heavy atom. The van der Waals surface area contributed by atoms with Crippen LogP contribution in [0.3, 0.4) is 0 Å². The Morgan fingerprint density at radius 1 is 1.30 bits per heavy atom. The average molecular weight is 376 g/mol. The summed E-state index contributed by atoms with van der Waals surface area (Å²) in [5.74, 6) is 1.16. The second kappa shape index (κ2) is 9.74. The Bertz CT molecular complexity index is 650. The summed E-state index contributed by atoms with van der Waals surface area (Å²) < 4.78 is 5.85. The number of rotatable bonds is 8. The molecular weight excluding hydrogens is 342 g/mol. The van der Waals surface area contributed by atoms with E-state index in [1.165, 1.54) is 5.56 Å². The van der Waals surface area contributed by atoms with E-state index in [0.29, 0.717) is 25.6 Å². The van der Waals surface area contributed by atoms with Crippen LogP contribution in [0.5, 0.6) is 5.75 Å². The molecule has 0 radical (unpaired) electrons. The van der Waals surface area contributed by atoms with Gasteiger partial charge in [0.15, 0.2) is 0 Å². The second-order valence-corrected chi connectivity index (χ2v) is 7.83. The van der Waals surface area contributed by atoms with E-state index in [0.717, 1.165) is 30.0 Å². The van der Waals surface area contributed by atoms with Gasteiger partial charge >= 0.3 is 0 Å². The summed E-state index contributed by atoms with van der Waals surface area (Å²) in [5, 5.41) is 5.74. The Balaban J connectivity index is 1.81. The predicted molar refractivity (Wildman–Crippen MR) is 107 cm³/mol. The topological polar surface area (TPSA) is 70.7 Å². The number of nitrogens with one attached hydrogen (secondary N) is 2. The Labute approximate surface area is 162 Å². The number of aryl methyl sites for hydroxylation is 3. The van der Waals surface area contributed by atoms with Gasteiger partial charge in [0, 0.05) is 19.6 Å². The van der Waals surface area contributed by atoms with E-state index in [-0.39, 0.29) is 24.3 Å². The van der Waals surface area contributed by atoms with Crippen molar-refractivity contribution < 1.29 is 14.3 Å². The Hall–Kier alpha value is -2.08. The molecule has 1 atom stereocenters. The molecule has 0 saturated carbocycles. The minimum absolute atomic E-state index is 0.0563. The van der Waals surface area contributed by atoms with Crippen LogP contribution in [0.4, 0.5) is 0 Å². The third-order valence-electron chi connectivity index (χ3n) is 4.70. The molecule has 0 bridgehead atoms. The minimum atomic E-state index is -0.386. The van der Waals surface area contributed by atoms with Crippen molar-refractivity contribution in [3.63, 3.8) is 0 Å². The first kappa shape index (κ1) is 21.2. The molecule has 1 fully saturated rings. The fourth-order valence-corrected chi connectivity index (χ4v) is 3.66. The van der Waals surface area contributed by atoms with Gasteiger partial charge < -0.3 is 15.4 Å². The molecule has 1 heterocycles. The number of nitrogens with zero attached hydrogens (tertiary/aromatic N) is 1. The van der Waals surface area contributed by atoms with E-state index in [2.05, 4.69) is 48.4 Å². The van der Waals surface area contributed by atoms with E-state index in [1.807, 2.05) is 13.8 Å². The van der Waals surface area contributed by atoms with Crippen molar-refractivity contribution in [2.24, 2.45) is 5.92 Å². The summed E-state index contributed by atoms with van der Waals surface area (Å²) in [7, 11) is 0. The first-order valence-electron chi connectivity index (χ1n) is 9.77. The van der Waals surface area contributed by atoms with Gasteiger partial charge in [0.1, 0.15) is 12.4 Å². The molecule has 1 unspecified atom stereocenters. The molecule has 0 aliphatic carbocycles. The van der Waals surface area contributed by atoms with Crippen LogP contribution in [0.15, 0.2) is 12.1 Å². The van der Waals surface area contributed by atoms with Gasteiger partial charge in [-0.1, -0.05) is 31.5 Å². The zero-order valence-electron chi connectivity index (χ0n) is 17.2. The van der Waals surface area contributed by atoms with Crippen molar-refractivity contribution in [3.05, 3.63) is 28.8 Å². The number of piperazine rings is 1. The van der Waals surface area contributed by atoms with Crippen LogP contribution < -0.4 is 15.4 Å². The predicted octanol–water partition coefficient (Wildman–Crippen LogP) is 1.95. The van der Waals surface area contributed by atoms with Gasteiger partial charge in [0.05, 0.1) is 19.0 Å². The molecular formula is C21H33N3O3. The Kier molecular flexibility index (Phi) is 7.66. The largest absolute Gasteiger partial charge is 0.491 e. The van der Waals surface area contributed by atoms with Crippen molar-refractivity contribution in [2.75, 3.05) is 32.8 Å². The normalized spacial score (nSPS) is 17.7. The lowest BCUT2D eigenvalue weighted by atomic mass is 10.1. The number of carbonyl (C=O) groups excluding carboxylic acids is 2. The summed E-state index contributed by atoms with van der Waals surface area (Å²) in [6.07, 6.45) is 0.182. The van der Waals surface area contributed by atoms with Crippen LogP contribution in [0.2, 0.25) is 0 Å². The molecule has 1 aliphatic heterocycles. The van der Waals surface area contributed by atoms with Crippen molar-refractivity contribution >= 4 is 11.8 Å². The van der Waals surface area contributed by atoms with Gasteiger partial charge in [-0.3, -0.25) is 14.5 Å². The van der Waals surface area contributed by atoms with Crippen molar-refractivity contribution in [1.29, 1.82) is 0 Å². The van der Waals surface area contributed by atoms with Crippen LogP contribution in [0, 0.1) is 26.7 Å². The maximum atomic E-state index is 12.3. The summed E-state index contributed by atoms with van der Waals surface area (Å²) >= 11 is 0. The molecule has 1 saturated heterocycles. The lowest BCUT2D eigenvalue weighted by Crippen LogP contribution is -2.57. The maximum absolute atomic E-state index is 12.3. The van der Waals surface area contributed by atoms with Crippen molar-refractivity contribution in [3.8, 4) is 5.75 Å². The standard InChI is InChI=1S/C21H33N3O3/c1-14(2)13-24-8-6-23-21(26)18(24)12-19(25)22-7-9-27-20-16(4)10-15(3)11-17(20)5/h10-11,14,18H,6-9,12-13H2,1-5H3,(H,22,25)(H,23,26). The summed E-state index contributed by atoms with van der Waals surface area (Å²) in [6.45, 7) is 13.4. The van der Waals surface area contributed by atoms with Gasteiger partial charge in [0.25, 0.3) is 0 Å². The molecule has 27 heavy (non-hydrogen) atoms. The fourth-order valence-electron chi connectivity index (χ4n) is 3.66. The minimum Gasteiger partial charge on any atom is -0.491 e. The molecule has 0 spiro atoms. The molecule has 1 aromatic rings. The third-order valence-corrected chi connectivity index (χ3v) is 4.70. The van der Waals surface area contributed by atoms with Crippen LogP contribution in [0.25, 0.3) is 0 Å². The zero-order valence-corrected chi connectivity index (χ0v) is 17.2. The number of hydrogen-bond donors (Lipinski definition) is 2. The summed E-state index contributed by atoms with van der Waals surface area (Å²) in [4.78, 5) is 26.6. The van der Waals surface area contributed by atoms with E-state index in [4.69, 9.17) is 4.74 Å². The first-order valence-corrected chi connectivity index (χ1v) is 9.77. The highest BCUT2D eigenvalue weighted by atomic mass is 16.5. The van der Waals surface area contributed by atoms with Crippen LogP contribution in [-0.4, -0.2) is 55.5 Å². The zero-order chi connectivity index (χ0) is 20.0. The lowest BCUT2D eigenvalue weighted by molar-refractivity contribution is -0.134. The molecule has 1 aliphatic rings. The van der Waals surface area contributed by atoms with E-state index in [9.17, 15) is 9.59 Å². The summed E-state index contributed by atoms with van der Waals surface area (Å²) in [5.41, 5.74) is 3.41. The number of carbonyl (C=O) groups is 2. The smallest absolute Gasteiger partial charge is 0.237 e. The fraction of sp³-hybridized carbons (Fsp3) is 0.619. The number of hydrogen-bond acceptors (Lipinski definition) is 4. The highest BCUT2D eigenvalue weighted by molar-refractivity contribution is 5.88. The van der Waals surface area contributed by atoms with Gasteiger partial charge in [-0.05, 0) is 37.8 Å². The SMILES string of the molecule is Cc1cc(C)c(OCCNC(=O)CC2C(=O)NCCN2CC(C)C)c(C)c1. The maximum Gasteiger partial charge on any atom is 0.237 e. The van der Waals surface area contributed by atoms with Gasteiger partial charge in [-0.2, -0.15) is 0 Å². The van der Waals surface area contributed by atoms with Gasteiger partial charge in [-0.15, -0.1) is 0 Å². The van der Waals surface area contributed by atoms with E-state index < -0.39 is 0 Å². The molecule has 2 rings (SSSR count). The first-order chi connectivity index (χ1) is 12.8. The van der Waals surface area contributed by atoms with Crippen LogP contribution in [-0.2, 0) is 9.59 Å². The molecule has 6 heteroatoms. The van der Waals surface area contributed by atoms with Gasteiger partial charge in [-0.25, -0.2) is 0 Å². The molecule has 0 aromatic heterocycles. The van der Waals surface area contributed by atoms with E-state index in [1.54, 1.807) is 0 Å². The summed E-state index contributed by atoms with van der Waals surface area (Å²) in [6, 6.07) is 3.79. The highest BCUT2D eigenvalue weighted by Crippen LogP contribution is 2.24.